The number of aliphatic hydroxyl groups is 1. The molecule has 1 unspecified atom stereocenters. The van der Waals surface area contributed by atoms with E-state index >= 15 is 4.39 Å². The van der Waals surface area contributed by atoms with E-state index in [-0.39, 0.29) is 41.4 Å². The second kappa shape index (κ2) is 11.2. The first kappa shape index (κ1) is 30.3. The predicted octanol–water partition coefficient (Wildman–Crippen LogP) is 1.10. The van der Waals surface area contributed by atoms with Crippen LogP contribution in [0.2, 0.25) is 0 Å². The summed E-state index contributed by atoms with van der Waals surface area (Å²) in [7, 11) is 0. The first-order chi connectivity index (χ1) is 20.9. The third-order valence-corrected chi connectivity index (χ3v) is 10.8. The van der Waals surface area contributed by atoms with Crippen LogP contribution < -0.4 is 11.3 Å². The SMILES string of the molecule is C=[P@]1(S)OC[C@H]2OC(n3cnc4c(=O)[nH]cnc43)[C@H](O)[C@@H]2O[P@@](=C)(S)OC[C@@H]2O[C@H](n3cnc4c(N)ncnc43)[C@H](F)[C@H]2O1. The summed E-state index contributed by atoms with van der Waals surface area (Å²) in [5, 5.41) is 11.4. The van der Waals surface area contributed by atoms with Gasteiger partial charge in [-0.2, -0.15) is 0 Å². The molecule has 0 spiro atoms. The van der Waals surface area contributed by atoms with Gasteiger partial charge in [-0.05, 0) is 12.6 Å². The Morgan fingerprint density at radius 3 is 2.25 bits per heavy atom. The maximum absolute atomic E-state index is 16.1. The Morgan fingerprint density at radius 2 is 1.52 bits per heavy atom. The Morgan fingerprint density at radius 1 is 0.932 bits per heavy atom. The molecule has 7 rings (SSSR count). The van der Waals surface area contributed by atoms with Crippen LogP contribution in [0.5, 0.6) is 0 Å². The van der Waals surface area contributed by atoms with Gasteiger partial charge in [0.05, 0.1) is 32.2 Å². The topological polar surface area (TPSA) is 209 Å². The van der Waals surface area contributed by atoms with Gasteiger partial charge in [0, 0.05) is 0 Å². The summed E-state index contributed by atoms with van der Waals surface area (Å²) < 4.78 is 55.2. The number of alkyl halides is 1. The van der Waals surface area contributed by atoms with Gasteiger partial charge >= 0.3 is 0 Å². The minimum atomic E-state index is -3.30. The summed E-state index contributed by atoms with van der Waals surface area (Å²) in [5.74, 6) is 0.127. The number of fused-ring (bicyclic) bond motifs is 4. The number of thiol groups is 2. The average molecular weight is 690 g/mol. The van der Waals surface area contributed by atoms with Crippen molar-refractivity contribution in [2.45, 2.75) is 49.1 Å². The lowest BCUT2D eigenvalue weighted by atomic mass is 10.1. The molecular formula is C22H26FN9O8P2S2. The van der Waals surface area contributed by atoms with E-state index in [1.807, 2.05) is 0 Å². The number of hydrogen-bond acceptors (Lipinski definition) is 16. The van der Waals surface area contributed by atoms with Crippen LogP contribution in [-0.4, -0.2) is 107 Å². The monoisotopic (exact) mass is 689 g/mol. The molecule has 4 aromatic rings. The van der Waals surface area contributed by atoms with E-state index in [1.165, 1.54) is 34.4 Å². The normalized spacial score (nSPS) is 38.3. The van der Waals surface area contributed by atoms with Crippen molar-refractivity contribution < 1.29 is 37.1 Å². The summed E-state index contributed by atoms with van der Waals surface area (Å²) >= 11 is 9.02. The molecule has 7 heterocycles. The Balaban J connectivity index is 1.17. The van der Waals surface area contributed by atoms with Gasteiger partial charge in [-0.25, -0.2) is 29.3 Å². The van der Waals surface area contributed by atoms with Gasteiger partial charge in [-0.15, -0.1) is 0 Å². The molecule has 3 fully saturated rings. The molecule has 0 bridgehead atoms. The van der Waals surface area contributed by atoms with E-state index < -0.39 is 67.8 Å². The molecule has 0 radical (unpaired) electrons. The van der Waals surface area contributed by atoms with Gasteiger partial charge in [0.25, 0.3) is 5.56 Å². The minimum absolute atomic E-state index is 0.0552. The van der Waals surface area contributed by atoms with Gasteiger partial charge < -0.3 is 43.4 Å². The van der Waals surface area contributed by atoms with Crippen LogP contribution in [0.25, 0.3) is 22.3 Å². The highest BCUT2D eigenvalue weighted by atomic mass is 32.7. The van der Waals surface area contributed by atoms with Crippen molar-refractivity contribution in [3.05, 3.63) is 35.7 Å². The standard InChI is InChI=1S/C22H26FN9O8P2S2/c1-41(43)36-4-10-16(14(33)22(38-10)32-8-30-13-19(32)27-6-28-20(13)34)40-42(2,44)35-3-9-15(39-41)11(23)21(37-9)31-7-29-12-17(24)25-5-26-18(12)31/h5-11,14-16,21-22,33,43-44H,1-4H2,(H2,24,25,26)(H,27,28,34)/t9-,10+,11+,14+,15-,16+,21-,22?,41-,42-/m0/s1. The molecule has 4 N–H and O–H groups in total. The maximum Gasteiger partial charge on any atom is 0.278 e. The molecule has 0 aromatic carbocycles. The fraction of sp³-hybridized carbons (Fsp3) is 0.455. The predicted molar refractivity (Wildman–Crippen MR) is 164 cm³/mol. The third kappa shape index (κ3) is 5.31. The minimum Gasteiger partial charge on any atom is -0.386 e. The Labute approximate surface area is 257 Å². The molecule has 0 amide bonds. The summed E-state index contributed by atoms with van der Waals surface area (Å²) in [4.78, 5) is 35.1. The summed E-state index contributed by atoms with van der Waals surface area (Å²) in [6, 6.07) is 0. The third-order valence-electron chi connectivity index (χ3n) is 7.33. The molecule has 0 aliphatic carbocycles. The highest BCUT2D eigenvalue weighted by Crippen LogP contribution is 2.60. The van der Waals surface area contributed by atoms with Crippen LogP contribution in [0.1, 0.15) is 12.5 Å². The van der Waals surface area contributed by atoms with Crippen molar-refractivity contribution in [2.24, 2.45) is 0 Å². The molecule has 10 atom stereocenters. The van der Waals surface area contributed by atoms with Crippen molar-refractivity contribution in [3.8, 4) is 0 Å². The summed E-state index contributed by atoms with van der Waals surface area (Å²) in [5.41, 5.74) is 6.21. The van der Waals surface area contributed by atoms with Crippen LogP contribution in [0.3, 0.4) is 0 Å². The number of nitrogens with one attached hydrogen (secondary N) is 1. The van der Waals surface area contributed by atoms with Crippen molar-refractivity contribution in [1.29, 1.82) is 0 Å². The quantitative estimate of drug-likeness (QED) is 0.148. The zero-order valence-corrected chi connectivity index (χ0v) is 26.0. The number of hydrogen-bond donors (Lipinski definition) is 5. The molecular weight excluding hydrogens is 663 g/mol. The van der Waals surface area contributed by atoms with Crippen molar-refractivity contribution in [3.63, 3.8) is 0 Å². The molecule has 3 saturated heterocycles. The fourth-order valence-corrected chi connectivity index (χ4v) is 8.53. The smallest absolute Gasteiger partial charge is 0.278 e. The second-order valence-corrected chi connectivity index (χ2v) is 17.4. The number of rotatable bonds is 2. The van der Waals surface area contributed by atoms with E-state index in [1.54, 1.807) is 0 Å². The van der Waals surface area contributed by atoms with Crippen molar-refractivity contribution >= 4 is 78.3 Å². The van der Waals surface area contributed by atoms with Gasteiger partial charge in [-0.3, -0.25) is 13.9 Å². The molecule has 22 heteroatoms. The number of nitrogens with two attached hydrogens (primary N) is 1. The molecule has 44 heavy (non-hydrogen) atoms. The van der Waals surface area contributed by atoms with E-state index in [4.69, 9.17) is 33.3 Å². The van der Waals surface area contributed by atoms with Gasteiger partial charge in [-0.1, -0.05) is 24.5 Å². The maximum atomic E-state index is 16.1. The highest BCUT2D eigenvalue weighted by molar-refractivity contribution is 8.48. The lowest BCUT2D eigenvalue weighted by Gasteiger charge is -2.32. The van der Waals surface area contributed by atoms with Crippen LogP contribution >= 0.6 is 37.6 Å². The van der Waals surface area contributed by atoms with Gasteiger partial charge in [0.15, 0.2) is 54.3 Å². The van der Waals surface area contributed by atoms with Gasteiger partial charge in [0.2, 0.25) is 0 Å². The number of nitrogen functional groups attached to an aromatic ring is 1. The van der Waals surface area contributed by atoms with Gasteiger partial charge in [0.1, 0.15) is 42.4 Å². The summed E-state index contributed by atoms with van der Waals surface area (Å²) in [6.45, 7) is -7.08. The first-order valence-corrected chi connectivity index (χ1v) is 18.9. The van der Waals surface area contributed by atoms with E-state index in [0.717, 1.165) is 0 Å². The number of nitrogens with zero attached hydrogens (tertiary/aromatic N) is 7. The largest absolute Gasteiger partial charge is 0.386 e. The van der Waals surface area contributed by atoms with E-state index in [9.17, 15) is 9.90 Å². The Bertz CT molecular complexity index is 1890. The number of imidazole rings is 2. The summed E-state index contributed by atoms with van der Waals surface area (Å²) in [6.07, 6.45) is 3.29. The highest BCUT2D eigenvalue weighted by Gasteiger charge is 2.52. The van der Waals surface area contributed by atoms with Crippen LogP contribution in [0.4, 0.5) is 10.2 Å². The van der Waals surface area contributed by atoms with E-state index in [0.29, 0.717) is 0 Å². The number of H-pyrrole nitrogens is 1. The van der Waals surface area contributed by atoms with E-state index in [2.05, 4.69) is 67.0 Å². The molecule has 4 aromatic heterocycles. The number of ether oxygens (including phenoxy) is 2. The number of aromatic amines is 1. The molecule has 3 aliphatic rings. The second-order valence-electron chi connectivity index (χ2n) is 10.2. The lowest BCUT2D eigenvalue weighted by Crippen LogP contribution is -2.37. The molecule has 17 nitrogen and oxygen atoms in total. The zero-order valence-electron chi connectivity index (χ0n) is 22.4. The number of aliphatic hydroxyl groups excluding tert-OH is 1. The Hall–Kier alpha value is -2.35. The zero-order chi connectivity index (χ0) is 31.0. The Kier molecular flexibility index (Phi) is 7.69. The lowest BCUT2D eigenvalue weighted by molar-refractivity contribution is -0.0521. The molecule has 3 aliphatic heterocycles. The fourth-order valence-electron chi connectivity index (χ4n) is 5.32. The molecule has 0 saturated carbocycles. The number of aromatic nitrogens is 8. The molecule has 236 valence electrons. The number of halogens is 1. The van der Waals surface area contributed by atoms with Crippen LogP contribution in [0.15, 0.2) is 30.1 Å². The van der Waals surface area contributed by atoms with Crippen molar-refractivity contribution in [2.75, 3.05) is 18.9 Å². The van der Waals surface area contributed by atoms with Crippen LogP contribution in [-0.2, 0) is 27.6 Å². The number of anilines is 1. The first-order valence-electron chi connectivity index (χ1n) is 13.0. The van der Waals surface area contributed by atoms with Crippen molar-refractivity contribution in [1.82, 2.24) is 39.0 Å². The van der Waals surface area contributed by atoms with Crippen LogP contribution in [0, 0.1) is 0 Å². The average Bonchev–Trinajstić information content (AvgIpc) is 3.73.